The van der Waals surface area contributed by atoms with Gasteiger partial charge in [0.2, 0.25) is 0 Å². The summed E-state index contributed by atoms with van der Waals surface area (Å²) < 4.78 is 23.7. The van der Waals surface area contributed by atoms with Gasteiger partial charge in [0.05, 0.1) is 6.61 Å². The lowest BCUT2D eigenvalue weighted by Gasteiger charge is -2.19. The van der Waals surface area contributed by atoms with Gasteiger partial charge in [-0.2, -0.15) is 0 Å². The van der Waals surface area contributed by atoms with E-state index in [2.05, 4.69) is 0 Å². The van der Waals surface area contributed by atoms with Crippen LogP contribution in [0.2, 0.25) is 0 Å². The van der Waals surface area contributed by atoms with Gasteiger partial charge in [-0.25, -0.2) is 9.18 Å². The molecule has 0 spiro atoms. The Balaban J connectivity index is 2.95. The number of ether oxygens (including phenoxy) is 2. The standard InChI is InChI=1S/C14H20FNO3/c1-4-12(14(17)18-5-2)19-13-8-10(15)6-7-11(13)9(3)16/h6-9,12H,4-5,16H2,1-3H3/t9-,12?/m0/s1. The number of halogens is 1. The Hall–Kier alpha value is -1.62. The molecule has 1 aromatic rings. The molecule has 0 amide bonds. The van der Waals surface area contributed by atoms with E-state index >= 15 is 0 Å². The summed E-state index contributed by atoms with van der Waals surface area (Å²) in [5.74, 6) is -0.599. The van der Waals surface area contributed by atoms with E-state index in [1.165, 1.54) is 12.1 Å². The first-order chi connectivity index (χ1) is 8.99. The summed E-state index contributed by atoms with van der Waals surface area (Å²) >= 11 is 0. The molecule has 0 aromatic heterocycles. The lowest BCUT2D eigenvalue weighted by molar-refractivity contribution is -0.151. The molecule has 5 heteroatoms. The van der Waals surface area contributed by atoms with E-state index in [0.29, 0.717) is 12.0 Å². The summed E-state index contributed by atoms with van der Waals surface area (Å²) in [6, 6.07) is 3.81. The fraction of sp³-hybridized carbons (Fsp3) is 0.500. The molecule has 19 heavy (non-hydrogen) atoms. The molecule has 0 aliphatic heterocycles. The van der Waals surface area contributed by atoms with Crippen LogP contribution in [0.4, 0.5) is 4.39 Å². The topological polar surface area (TPSA) is 61.5 Å². The minimum absolute atomic E-state index is 0.280. The highest BCUT2D eigenvalue weighted by Crippen LogP contribution is 2.26. The fourth-order valence-corrected chi connectivity index (χ4v) is 1.67. The Kier molecular flexibility index (Phi) is 5.76. The molecule has 0 saturated carbocycles. The molecule has 0 aliphatic carbocycles. The number of hydrogen-bond acceptors (Lipinski definition) is 4. The van der Waals surface area contributed by atoms with Gasteiger partial charge in [-0.1, -0.05) is 13.0 Å². The van der Waals surface area contributed by atoms with Gasteiger partial charge in [-0.3, -0.25) is 0 Å². The molecular weight excluding hydrogens is 249 g/mol. The van der Waals surface area contributed by atoms with Gasteiger partial charge in [0, 0.05) is 17.7 Å². The van der Waals surface area contributed by atoms with Gasteiger partial charge < -0.3 is 15.2 Å². The van der Waals surface area contributed by atoms with Crippen molar-refractivity contribution in [1.82, 2.24) is 0 Å². The van der Waals surface area contributed by atoms with Gasteiger partial charge in [-0.15, -0.1) is 0 Å². The fourth-order valence-electron chi connectivity index (χ4n) is 1.67. The van der Waals surface area contributed by atoms with E-state index in [9.17, 15) is 9.18 Å². The quantitative estimate of drug-likeness (QED) is 0.806. The van der Waals surface area contributed by atoms with E-state index in [0.717, 1.165) is 0 Å². The number of carbonyl (C=O) groups excluding carboxylic acids is 1. The highest BCUT2D eigenvalue weighted by molar-refractivity contribution is 5.75. The lowest BCUT2D eigenvalue weighted by atomic mass is 10.1. The first-order valence-electron chi connectivity index (χ1n) is 6.37. The second kappa shape index (κ2) is 7.09. The van der Waals surface area contributed by atoms with Crippen molar-refractivity contribution >= 4 is 5.97 Å². The number of rotatable bonds is 6. The van der Waals surface area contributed by atoms with E-state index in [4.69, 9.17) is 15.2 Å². The average Bonchev–Trinajstić information content (AvgIpc) is 2.35. The highest BCUT2D eigenvalue weighted by atomic mass is 19.1. The summed E-state index contributed by atoms with van der Waals surface area (Å²) in [6.45, 7) is 5.57. The third-order valence-electron chi connectivity index (χ3n) is 2.66. The molecule has 106 valence electrons. The zero-order valence-corrected chi connectivity index (χ0v) is 11.5. The first-order valence-corrected chi connectivity index (χ1v) is 6.37. The summed E-state index contributed by atoms with van der Waals surface area (Å²) in [5.41, 5.74) is 6.45. The monoisotopic (exact) mass is 269 g/mol. The van der Waals surface area contributed by atoms with Crippen LogP contribution in [0.3, 0.4) is 0 Å². The molecule has 0 radical (unpaired) electrons. The smallest absolute Gasteiger partial charge is 0.347 e. The maximum Gasteiger partial charge on any atom is 0.347 e. The Morgan fingerprint density at radius 1 is 1.42 bits per heavy atom. The molecule has 0 aliphatic rings. The van der Waals surface area contributed by atoms with Crippen LogP contribution in [0.5, 0.6) is 5.75 Å². The number of benzene rings is 1. The van der Waals surface area contributed by atoms with Crippen LogP contribution in [0.15, 0.2) is 18.2 Å². The maximum absolute atomic E-state index is 13.3. The highest BCUT2D eigenvalue weighted by Gasteiger charge is 2.21. The van der Waals surface area contributed by atoms with Crippen LogP contribution in [0.1, 0.15) is 38.8 Å². The summed E-state index contributed by atoms with van der Waals surface area (Å²) in [7, 11) is 0. The Bertz CT molecular complexity index is 435. The second-order valence-corrected chi connectivity index (χ2v) is 4.24. The van der Waals surface area contributed by atoms with Crippen molar-refractivity contribution in [3.8, 4) is 5.75 Å². The van der Waals surface area contributed by atoms with E-state index < -0.39 is 17.9 Å². The zero-order valence-electron chi connectivity index (χ0n) is 11.5. The maximum atomic E-state index is 13.3. The molecule has 0 fully saturated rings. The number of carbonyl (C=O) groups is 1. The van der Waals surface area contributed by atoms with Gasteiger partial charge >= 0.3 is 5.97 Å². The number of hydrogen-bond donors (Lipinski definition) is 1. The molecule has 0 heterocycles. The van der Waals surface area contributed by atoms with Crippen LogP contribution in [-0.4, -0.2) is 18.7 Å². The minimum Gasteiger partial charge on any atom is -0.478 e. The molecule has 1 unspecified atom stereocenters. The molecule has 0 saturated heterocycles. The zero-order chi connectivity index (χ0) is 14.4. The molecular formula is C14H20FNO3. The van der Waals surface area contributed by atoms with Gasteiger partial charge in [0.15, 0.2) is 6.10 Å². The lowest BCUT2D eigenvalue weighted by Crippen LogP contribution is -2.29. The van der Waals surface area contributed by atoms with Crippen molar-refractivity contribution in [1.29, 1.82) is 0 Å². The van der Waals surface area contributed by atoms with Gasteiger partial charge in [-0.05, 0) is 26.3 Å². The van der Waals surface area contributed by atoms with Gasteiger partial charge in [0.25, 0.3) is 0 Å². The second-order valence-electron chi connectivity index (χ2n) is 4.24. The first kappa shape index (κ1) is 15.4. The Morgan fingerprint density at radius 3 is 2.63 bits per heavy atom. The van der Waals surface area contributed by atoms with Crippen LogP contribution in [0.25, 0.3) is 0 Å². The molecule has 1 rings (SSSR count). The van der Waals surface area contributed by atoms with Crippen molar-refractivity contribution in [2.45, 2.75) is 39.3 Å². The average molecular weight is 269 g/mol. The molecule has 1 aromatic carbocycles. The van der Waals surface area contributed by atoms with E-state index in [1.807, 2.05) is 0 Å². The molecule has 0 bridgehead atoms. The van der Waals surface area contributed by atoms with Crippen molar-refractivity contribution in [3.05, 3.63) is 29.6 Å². The molecule has 2 N–H and O–H groups in total. The Labute approximate surface area is 112 Å². The van der Waals surface area contributed by atoms with Crippen LogP contribution in [0, 0.1) is 5.82 Å². The summed E-state index contributed by atoms with van der Waals surface area (Å²) in [4.78, 5) is 11.7. The van der Waals surface area contributed by atoms with Crippen molar-refractivity contribution in [3.63, 3.8) is 0 Å². The largest absolute Gasteiger partial charge is 0.478 e. The van der Waals surface area contributed by atoms with Crippen LogP contribution in [-0.2, 0) is 9.53 Å². The third-order valence-corrected chi connectivity index (χ3v) is 2.66. The third kappa shape index (κ3) is 4.21. The van der Waals surface area contributed by atoms with Crippen molar-refractivity contribution in [2.75, 3.05) is 6.61 Å². The van der Waals surface area contributed by atoms with E-state index in [1.54, 1.807) is 26.8 Å². The van der Waals surface area contributed by atoms with Crippen molar-refractivity contribution < 1.29 is 18.7 Å². The molecule has 4 nitrogen and oxygen atoms in total. The Morgan fingerprint density at radius 2 is 2.11 bits per heavy atom. The van der Waals surface area contributed by atoms with Crippen molar-refractivity contribution in [2.24, 2.45) is 5.73 Å². The molecule has 2 atom stereocenters. The number of nitrogens with two attached hydrogens (primary N) is 1. The van der Waals surface area contributed by atoms with E-state index in [-0.39, 0.29) is 18.4 Å². The predicted molar refractivity (Wildman–Crippen MR) is 70.3 cm³/mol. The van der Waals surface area contributed by atoms with Gasteiger partial charge in [0.1, 0.15) is 11.6 Å². The summed E-state index contributed by atoms with van der Waals surface area (Å²) in [5, 5.41) is 0. The minimum atomic E-state index is -0.751. The van der Waals surface area contributed by atoms with Crippen LogP contribution < -0.4 is 10.5 Å². The normalized spacial score (nSPS) is 13.7. The number of esters is 1. The summed E-state index contributed by atoms with van der Waals surface area (Å²) in [6.07, 6.45) is -0.312. The van der Waals surface area contributed by atoms with Crippen LogP contribution >= 0.6 is 0 Å². The SMILES string of the molecule is CCOC(=O)C(CC)Oc1cc(F)ccc1[C@H](C)N. The predicted octanol–water partition coefficient (Wildman–Crippen LogP) is 2.57.